The number of phenols is 4. The van der Waals surface area contributed by atoms with Gasteiger partial charge in [0.1, 0.15) is 22.5 Å². The number of methoxy groups -OCH3 is 1. The number of rotatable bonds is 5. The fourth-order valence-electron chi connectivity index (χ4n) is 4.71. The fraction of sp³-hybridized carbons (Fsp3) is 0.103. The molecule has 192 valence electrons. The van der Waals surface area contributed by atoms with Crippen molar-refractivity contribution in [2.24, 2.45) is 0 Å². The van der Waals surface area contributed by atoms with E-state index >= 15 is 0 Å². The van der Waals surface area contributed by atoms with Gasteiger partial charge in [-0.25, -0.2) is 0 Å². The van der Waals surface area contributed by atoms with Crippen LogP contribution in [-0.2, 0) is 9.53 Å². The fourth-order valence-corrected chi connectivity index (χ4v) is 4.71. The molecule has 0 aliphatic carbocycles. The number of hydrogen-bond acceptors (Lipinski definition) is 9. The van der Waals surface area contributed by atoms with E-state index in [0.717, 1.165) is 29.0 Å². The summed E-state index contributed by atoms with van der Waals surface area (Å²) >= 11 is 0. The van der Waals surface area contributed by atoms with Crippen LogP contribution in [0.2, 0.25) is 0 Å². The van der Waals surface area contributed by atoms with Gasteiger partial charge >= 0.3 is 5.97 Å². The molecule has 0 bridgehead atoms. The quantitative estimate of drug-likeness (QED) is 0.163. The van der Waals surface area contributed by atoms with Gasteiger partial charge in [-0.15, -0.1) is 0 Å². The molecular formula is C29H22O9. The molecular weight excluding hydrogens is 492 g/mol. The van der Waals surface area contributed by atoms with Crippen molar-refractivity contribution in [1.29, 1.82) is 0 Å². The molecule has 0 saturated heterocycles. The minimum Gasteiger partial charge on any atom is -0.507 e. The molecule has 0 amide bonds. The maximum atomic E-state index is 13.3. The monoisotopic (exact) mass is 514 g/mol. The van der Waals surface area contributed by atoms with E-state index in [-0.39, 0.29) is 28.9 Å². The summed E-state index contributed by atoms with van der Waals surface area (Å²) in [5.74, 6) is -4.78. The molecule has 1 atom stereocenters. The highest BCUT2D eigenvalue weighted by atomic mass is 16.5. The third kappa shape index (κ3) is 4.00. The van der Waals surface area contributed by atoms with E-state index in [2.05, 4.69) is 0 Å². The predicted molar refractivity (Wildman–Crippen MR) is 139 cm³/mol. The van der Waals surface area contributed by atoms with Gasteiger partial charge in [0, 0.05) is 23.1 Å². The van der Waals surface area contributed by atoms with Gasteiger partial charge in [0.05, 0.1) is 13.5 Å². The van der Waals surface area contributed by atoms with Crippen molar-refractivity contribution in [3.05, 3.63) is 88.1 Å². The summed E-state index contributed by atoms with van der Waals surface area (Å²) in [7, 11) is 1.23. The van der Waals surface area contributed by atoms with Crippen molar-refractivity contribution >= 4 is 27.7 Å². The van der Waals surface area contributed by atoms with Gasteiger partial charge in [0.25, 0.3) is 0 Å². The molecule has 1 heterocycles. The molecule has 0 unspecified atom stereocenters. The number of hydrogen-bond donors (Lipinski definition) is 5. The summed E-state index contributed by atoms with van der Waals surface area (Å²) < 4.78 is 10.9. The minimum atomic E-state index is -0.998. The molecule has 4 aromatic carbocycles. The van der Waals surface area contributed by atoms with E-state index in [1.54, 1.807) is 12.1 Å². The maximum Gasteiger partial charge on any atom is 0.306 e. The molecule has 38 heavy (non-hydrogen) atoms. The summed E-state index contributed by atoms with van der Waals surface area (Å²) in [6.07, 6.45) is -0.252. The molecule has 1 aromatic heterocycles. The van der Waals surface area contributed by atoms with E-state index in [1.807, 2.05) is 30.3 Å². The summed E-state index contributed by atoms with van der Waals surface area (Å²) in [4.78, 5) is 25.8. The molecule has 5 rings (SSSR count). The lowest BCUT2D eigenvalue weighted by molar-refractivity contribution is -0.140. The molecule has 5 aromatic rings. The molecule has 0 spiro atoms. The van der Waals surface area contributed by atoms with Gasteiger partial charge in [-0.2, -0.15) is 0 Å². The van der Waals surface area contributed by atoms with Crippen molar-refractivity contribution in [2.45, 2.75) is 12.3 Å². The Labute approximate surface area is 215 Å². The molecule has 0 saturated carbocycles. The second-order valence-electron chi connectivity index (χ2n) is 8.75. The van der Waals surface area contributed by atoms with Crippen LogP contribution in [0.15, 0.2) is 75.9 Å². The Kier molecular flexibility index (Phi) is 6.04. The highest BCUT2D eigenvalue weighted by Crippen LogP contribution is 2.46. The van der Waals surface area contributed by atoms with Crippen molar-refractivity contribution < 1.29 is 39.5 Å². The zero-order valence-corrected chi connectivity index (χ0v) is 20.0. The maximum absolute atomic E-state index is 13.3. The van der Waals surface area contributed by atoms with Crippen LogP contribution in [0.5, 0.6) is 28.7 Å². The summed E-state index contributed by atoms with van der Waals surface area (Å²) in [6, 6.07) is 17.3. The number of phenolic OH excluding ortho intramolecular Hbond substituents is 4. The normalized spacial score (nSPS) is 12.0. The van der Waals surface area contributed by atoms with Crippen LogP contribution in [0.1, 0.15) is 23.5 Å². The number of fused-ring (bicyclic) bond motifs is 2. The smallest absolute Gasteiger partial charge is 0.306 e. The van der Waals surface area contributed by atoms with Crippen LogP contribution in [0, 0.1) is 0 Å². The van der Waals surface area contributed by atoms with Gasteiger partial charge in [-0.1, -0.05) is 42.5 Å². The first-order valence-corrected chi connectivity index (χ1v) is 11.5. The van der Waals surface area contributed by atoms with Crippen molar-refractivity contribution in [2.75, 3.05) is 7.11 Å². The second-order valence-corrected chi connectivity index (χ2v) is 8.75. The van der Waals surface area contributed by atoms with Gasteiger partial charge in [0.2, 0.25) is 11.2 Å². The van der Waals surface area contributed by atoms with E-state index < -0.39 is 51.4 Å². The van der Waals surface area contributed by atoms with E-state index in [1.165, 1.54) is 13.2 Å². The standard InChI is InChI=1S/C29H22O9/c1-37-23(34)12-18(17-8-4-6-14-5-2-3-7-16(14)17)24-21(32)13-22(33)25-26(35)27(36)28(38-29(24)25)15-9-10-19(30)20(31)11-15/h2-11,13,18,30-33,36H,12H2,1H3/t18-/m1/s1. The van der Waals surface area contributed by atoms with E-state index in [9.17, 15) is 35.1 Å². The van der Waals surface area contributed by atoms with E-state index in [4.69, 9.17) is 9.15 Å². The zero-order chi connectivity index (χ0) is 27.1. The highest BCUT2D eigenvalue weighted by Gasteiger charge is 2.30. The first-order valence-electron chi connectivity index (χ1n) is 11.5. The first-order chi connectivity index (χ1) is 18.2. The average Bonchev–Trinajstić information content (AvgIpc) is 2.90. The van der Waals surface area contributed by atoms with Gasteiger partial charge in [-0.3, -0.25) is 9.59 Å². The number of ether oxygens (including phenoxy) is 1. The van der Waals surface area contributed by atoms with Crippen LogP contribution in [0.25, 0.3) is 33.1 Å². The third-order valence-corrected chi connectivity index (χ3v) is 6.52. The average molecular weight is 514 g/mol. The molecule has 5 N–H and O–H groups in total. The largest absolute Gasteiger partial charge is 0.507 e. The van der Waals surface area contributed by atoms with Crippen molar-refractivity contribution in [3.63, 3.8) is 0 Å². The summed E-state index contributed by atoms with van der Waals surface area (Å²) in [5.41, 5.74) is -0.589. The minimum absolute atomic E-state index is 0.0147. The number of esters is 1. The number of carbonyl (C=O) groups excluding carboxylic acids is 1. The molecule has 0 fully saturated rings. The third-order valence-electron chi connectivity index (χ3n) is 6.52. The van der Waals surface area contributed by atoms with Crippen LogP contribution < -0.4 is 5.43 Å². The number of benzene rings is 4. The van der Waals surface area contributed by atoms with Crippen molar-refractivity contribution in [1.82, 2.24) is 0 Å². The molecule has 9 nitrogen and oxygen atoms in total. The van der Waals surface area contributed by atoms with E-state index in [0.29, 0.717) is 5.56 Å². The predicted octanol–water partition coefficient (Wildman–Crippen LogP) is 4.84. The lowest BCUT2D eigenvalue weighted by Gasteiger charge is -2.22. The van der Waals surface area contributed by atoms with Crippen LogP contribution in [-0.4, -0.2) is 38.6 Å². The Hall–Kier alpha value is -5.18. The van der Waals surface area contributed by atoms with Crippen LogP contribution >= 0.6 is 0 Å². The molecule has 0 aliphatic heterocycles. The Morgan fingerprint density at radius 2 is 1.61 bits per heavy atom. The van der Waals surface area contributed by atoms with Gasteiger partial charge in [0.15, 0.2) is 17.3 Å². The lowest BCUT2D eigenvalue weighted by atomic mass is 9.84. The SMILES string of the molecule is COC(=O)C[C@H](c1cccc2ccccc12)c1c(O)cc(O)c2c(=O)c(O)c(-c3ccc(O)c(O)c3)oc12. The zero-order valence-electron chi connectivity index (χ0n) is 20.0. The molecule has 9 heteroatoms. The van der Waals surface area contributed by atoms with Gasteiger partial charge < -0.3 is 34.7 Å². The van der Waals surface area contributed by atoms with Crippen LogP contribution in [0.4, 0.5) is 0 Å². The second kappa shape index (κ2) is 9.36. The van der Waals surface area contributed by atoms with Gasteiger partial charge in [-0.05, 0) is 34.5 Å². The number of carbonyl (C=O) groups is 1. The number of aromatic hydroxyl groups is 5. The van der Waals surface area contributed by atoms with Crippen LogP contribution in [0.3, 0.4) is 0 Å². The Balaban J connectivity index is 1.88. The van der Waals surface area contributed by atoms with Crippen molar-refractivity contribution in [3.8, 4) is 40.1 Å². The Morgan fingerprint density at radius 1 is 0.868 bits per heavy atom. The topological polar surface area (TPSA) is 158 Å². The summed E-state index contributed by atoms with van der Waals surface area (Å²) in [6.45, 7) is 0. The molecule has 0 aliphatic rings. The first kappa shape index (κ1) is 24.5. The molecule has 0 radical (unpaired) electrons. The highest BCUT2D eigenvalue weighted by molar-refractivity contribution is 5.94. The summed E-state index contributed by atoms with van der Waals surface area (Å²) in [5, 5.41) is 53.2. The lowest BCUT2D eigenvalue weighted by Crippen LogP contribution is -2.13. The Morgan fingerprint density at radius 3 is 2.34 bits per heavy atom. The Bertz CT molecular complexity index is 1780.